The lowest BCUT2D eigenvalue weighted by Crippen LogP contribution is -2.34. The molecule has 9 heteroatoms. The molecule has 0 spiro atoms. The first-order valence-corrected chi connectivity index (χ1v) is 4.84. The molecule has 0 unspecified atom stereocenters. The quantitative estimate of drug-likeness (QED) is 0.276. The fourth-order valence-electron chi connectivity index (χ4n) is 0.991. The molecule has 0 aliphatic rings. The van der Waals surface area contributed by atoms with Gasteiger partial charge in [0, 0.05) is 17.7 Å². The minimum atomic E-state index is -2.80. The van der Waals surface area contributed by atoms with Crippen LogP contribution in [0, 0.1) is 20.2 Å². The number of carbonyl (C=O) groups excluding carboxylic acids is 1. The van der Waals surface area contributed by atoms with Gasteiger partial charge in [0.15, 0.2) is 0 Å². The van der Waals surface area contributed by atoms with Crippen molar-refractivity contribution in [3.05, 3.63) is 50.1 Å². The Bertz CT molecular complexity index is 485. The van der Waals surface area contributed by atoms with Gasteiger partial charge in [0.05, 0.1) is 9.85 Å². The van der Waals surface area contributed by atoms with Crippen LogP contribution >= 0.6 is 23.2 Å². The smallest absolute Gasteiger partial charge is 0.283 e. The summed E-state index contributed by atoms with van der Waals surface area (Å²) in [5.74, 6) is -1.15. The number of nitrogens with zero attached hydrogens (tertiary/aromatic N) is 2. The van der Waals surface area contributed by atoms with Crippen molar-refractivity contribution in [3.8, 4) is 0 Å². The van der Waals surface area contributed by atoms with Crippen LogP contribution in [-0.2, 0) is 0 Å². The van der Waals surface area contributed by atoms with Crippen LogP contribution in [0.5, 0.6) is 0 Å². The number of benzene rings is 1. The number of ketones is 1. The van der Waals surface area contributed by atoms with E-state index in [0.717, 1.165) is 24.3 Å². The number of hydrogen-bond donors (Lipinski definition) is 0. The first-order valence-electron chi connectivity index (χ1n) is 4.08. The summed E-state index contributed by atoms with van der Waals surface area (Å²) >= 11 is 10.5. The van der Waals surface area contributed by atoms with Crippen LogP contribution in [0.25, 0.3) is 0 Å². The average molecular weight is 279 g/mol. The third-order valence-electron chi connectivity index (χ3n) is 1.84. The van der Waals surface area contributed by atoms with Crippen LogP contribution < -0.4 is 0 Å². The van der Waals surface area contributed by atoms with Gasteiger partial charge >= 0.3 is 4.46 Å². The van der Waals surface area contributed by atoms with E-state index in [2.05, 4.69) is 0 Å². The maximum absolute atomic E-state index is 11.5. The summed E-state index contributed by atoms with van der Waals surface area (Å²) in [5, 5.41) is 20.8. The highest BCUT2D eigenvalue weighted by molar-refractivity contribution is 6.58. The second-order valence-corrected chi connectivity index (χ2v) is 4.22. The molecule has 0 heterocycles. The van der Waals surface area contributed by atoms with E-state index in [0.29, 0.717) is 0 Å². The van der Waals surface area contributed by atoms with E-state index in [1.807, 2.05) is 0 Å². The predicted octanol–water partition coefficient (Wildman–Crippen LogP) is 2.19. The summed E-state index contributed by atoms with van der Waals surface area (Å²) in [6.45, 7) is 0. The summed E-state index contributed by atoms with van der Waals surface area (Å²) in [7, 11) is 0. The van der Waals surface area contributed by atoms with Gasteiger partial charge in [0.1, 0.15) is 0 Å². The Morgan fingerprint density at radius 2 is 1.59 bits per heavy atom. The number of alkyl halides is 2. The molecule has 7 nitrogen and oxygen atoms in total. The number of Topliss-reactive ketones (excluding diaryl/α,β-unsaturated/α-hetero) is 1. The molecule has 0 N–H and O–H groups in total. The first-order chi connectivity index (χ1) is 7.76. The third kappa shape index (κ3) is 2.69. The Hall–Kier alpha value is -1.73. The van der Waals surface area contributed by atoms with Crippen LogP contribution in [-0.4, -0.2) is 20.1 Å². The summed E-state index contributed by atoms with van der Waals surface area (Å²) < 4.78 is -2.80. The van der Waals surface area contributed by atoms with Crippen LogP contribution in [0.4, 0.5) is 5.69 Å². The molecule has 0 amide bonds. The lowest BCUT2D eigenvalue weighted by Gasteiger charge is -2.08. The highest BCUT2D eigenvalue weighted by Crippen LogP contribution is 2.27. The van der Waals surface area contributed by atoms with Crippen molar-refractivity contribution in [3.63, 3.8) is 0 Å². The molecular weight excluding hydrogens is 275 g/mol. The van der Waals surface area contributed by atoms with E-state index >= 15 is 0 Å². The Labute approximate surface area is 104 Å². The Morgan fingerprint density at radius 1 is 1.12 bits per heavy atom. The molecule has 0 saturated carbocycles. The molecule has 0 aromatic heterocycles. The van der Waals surface area contributed by atoms with Gasteiger partial charge in [-0.1, -0.05) is 0 Å². The third-order valence-corrected chi connectivity index (χ3v) is 2.46. The second kappa shape index (κ2) is 4.64. The van der Waals surface area contributed by atoms with Crippen molar-refractivity contribution in [2.45, 2.75) is 4.46 Å². The lowest BCUT2D eigenvalue weighted by atomic mass is 10.1. The lowest BCUT2D eigenvalue weighted by molar-refractivity contribution is -0.498. The van der Waals surface area contributed by atoms with Crippen LogP contribution in [0.15, 0.2) is 24.3 Å². The molecule has 0 aliphatic carbocycles. The Kier molecular flexibility index (Phi) is 3.64. The van der Waals surface area contributed by atoms with Crippen molar-refractivity contribution in [2.24, 2.45) is 0 Å². The van der Waals surface area contributed by atoms with E-state index in [4.69, 9.17) is 23.2 Å². The van der Waals surface area contributed by atoms with E-state index < -0.39 is 20.1 Å². The van der Waals surface area contributed by atoms with Crippen LogP contribution in [0.2, 0.25) is 0 Å². The van der Waals surface area contributed by atoms with Crippen molar-refractivity contribution >= 4 is 34.7 Å². The van der Waals surface area contributed by atoms with Crippen LogP contribution in [0.1, 0.15) is 10.4 Å². The fraction of sp³-hybridized carbons (Fsp3) is 0.125. The van der Waals surface area contributed by atoms with Crippen molar-refractivity contribution < 1.29 is 14.6 Å². The standard InChI is InChI=1S/C8H4Cl2N2O5/c9-8(10,12(16)17)7(13)5-1-3-6(4-2-5)11(14)15/h1-4H. The summed E-state index contributed by atoms with van der Waals surface area (Å²) in [5.41, 5.74) is -0.435. The number of non-ortho nitro benzene ring substituents is 1. The Morgan fingerprint density at radius 3 is 1.94 bits per heavy atom. The highest BCUT2D eigenvalue weighted by Gasteiger charge is 2.47. The molecule has 0 saturated heterocycles. The van der Waals surface area contributed by atoms with Gasteiger partial charge in [0.25, 0.3) is 11.5 Å². The molecule has 1 rings (SSSR count). The minimum Gasteiger partial charge on any atom is -0.283 e. The van der Waals surface area contributed by atoms with Crippen LogP contribution in [0.3, 0.4) is 0 Å². The van der Waals surface area contributed by atoms with Gasteiger partial charge in [-0.3, -0.25) is 25.0 Å². The molecule has 0 aliphatic heterocycles. The molecule has 0 bridgehead atoms. The Balaban J connectivity index is 3.06. The SMILES string of the molecule is O=C(c1ccc([N+](=O)[O-])cc1)C(Cl)(Cl)[N+](=O)[O-]. The average Bonchev–Trinajstić information content (AvgIpc) is 2.27. The number of nitro benzene ring substituents is 1. The molecule has 0 atom stereocenters. The predicted molar refractivity (Wildman–Crippen MR) is 58.9 cm³/mol. The zero-order chi connectivity index (χ0) is 13.2. The zero-order valence-corrected chi connectivity index (χ0v) is 9.51. The number of carbonyl (C=O) groups is 1. The maximum Gasteiger partial charge on any atom is 0.433 e. The number of nitro groups is 2. The van der Waals surface area contributed by atoms with Crippen molar-refractivity contribution in [1.29, 1.82) is 0 Å². The first kappa shape index (κ1) is 13.3. The molecular formula is C8H4Cl2N2O5. The second-order valence-electron chi connectivity index (χ2n) is 2.93. The highest BCUT2D eigenvalue weighted by atomic mass is 35.5. The number of rotatable bonds is 4. The normalized spacial score (nSPS) is 10.9. The van der Waals surface area contributed by atoms with E-state index in [1.54, 1.807) is 0 Å². The van der Waals surface area contributed by atoms with Gasteiger partial charge in [-0.05, 0) is 35.3 Å². The number of hydrogen-bond acceptors (Lipinski definition) is 5. The largest absolute Gasteiger partial charge is 0.433 e. The van der Waals surface area contributed by atoms with Crippen molar-refractivity contribution in [1.82, 2.24) is 0 Å². The molecule has 0 fully saturated rings. The van der Waals surface area contributed by atoms with E-state index in [-0.39, 0.29) is 11.3 Å². The number of halogens is 2. The molecule has 17 heavy (non-hydrogen) atoms. The summed E-state index contributed by atoms with van der Waals surface area (Å²) in [4.78, 5) is 30.5. The summed E-state index contributed by atoms with van der Waals surface area (Å²) in [6, 6.07) is 4.14. The van der Waals surface area contributed by atoms with Gasteiger partial charge < -0.3 is 0 Å². The topological polar surface area (TPSA) is 103 Å². The van der Waals surface area contributed by atoms with Crippen molar-refractivity contribution in [2.75, 3.05) is 0 Å². The monoisotopic (exact) mass is 278 g/mol. The molecule has 90 valence electrons. The minimum absolute atomic E-state index is 0.183. The zero-order valence-electron chi connectivity index (χ0n) is 8.00. The van der Waals surface area contributed by atoms with E-state index in [1.165, 1.54) is 0 Å². The molecule has 0 radical (unpaired) electrons. The molecule has 1 aromatic rings. The van der Waals surface area contributed by atoms with Gasteiger partial charge in [-0.25, -0.2) is 0 Å². The van der Waals surface area contributed by atoms with Gasteiger partial charge in [0.2, 0.25) is 0 Å². The van der Waals surface area contributed by atoms with E-state index in [9.17, 15) is 25.0 Å². The fourth-order valence-corrected chi connectivity index (χ4v) is 1.21. The summed E-state index contributed by atoms with van der Waals surface area (Å²) in [6.07, 6.45) is 0. The van der Waals surface area contributed by atoms with Gasteiger partial charge in [-0.2, -0.15) is 0 Å². The molecule has 1 aromatic carbocycles. The maximum atomic E-state index is 11.5. The van der Waals surface area contributed by atoms with Gasteiger partial charge in [-0.15, -0.1) is 0 Å².